The Hall–Kier alpha value is -2.47. The lowest BCUT2D eigenvalue weighted by Crippen LogP contribution is -2.02. The molecule has 2 N–H and O–H groups in total. The minimum absolute atomic E-state index is 0.254. The zero-order chi connectivity index (χ0) is 16.4. The van der Waals surface area contributed by atoms with Crippen molar-refractivity contribution in [3.05, 3.63) is 41.5 Å². The van der Waals surface area contributed by atoms with Gasteiger partial charge in [0.25, 0.3) is 0 Å². The van der Waals surface area contributed by atoms with Gasteiger partial charge in [-0.2, -0.15) is 0 Å². The van der Waals surface area contributed by atoms with Crippen molar-refractivity contribution < 1.29 is 0 Å². The number of nitrogens with zero attached hydrogens (tertiary/aromatic N) is 3. The van der Waals surface area contributed by atoms with Gasteiger partial charge in [0.1, 0.15) is 0 Å². The molecule has 0 amide bonds. The zero-order valence-electron chi connectivity index (χ0n) is 13.6. The topological polar surface area (TPSA) is 54.2 Å². The number of thioether (sulfide) groups is 1. The van der Waals surface area contributed by atoms with Crippen molar-refractivity contribution in [3.63, 3.8) is 0 Å². The standard InChI is InChI=1S/C19H17N5S/c1-2-14-16(24-8-7-21-19(24)23-14)9-11(1)17-10-22-15-4-3-13-12(5-6-20-13)18(15)25-17/h1-4,9-10,17,20H,5-8H2,(H,21,23). The van der Waals surface area contributed by atoms with Crippen molar-refractivity contribution in [1.29, 1.82) is 0 Å². The average molecular weight is 347 g/mol. The van der Waals surface area contributed by atoms with Crippen LogP contribution in [0.4, 0.5) is 17.3 Å². The third-order valence-electron chi connectivity index (χ3n) is 5.24. The van der Waals surface area contributed by atoms with Crippen molar-refractivity contribution in [2.75, 3.05) is 23.7 Å². The molecule has 0 bridgehead atoms. The predicted molar refractivity (Wildman–Crippen MR) is 104 cm³/mol. The SMILES string of the molecule is C1=Nc2ccc3c(c2SC1c1ccc2nc4n(c2c1)CCN4)CCN3. The van der Waals surface area contributed by atoms with Gasteiger partial charge in [0.05, 0.1) is 22.0 Å². The molecule has 1 aromatic heterocycles. The number of hydrogen-bond donors (Lipinski definition) is 2. The second-order valence-electron chi connectivity index (χ2n) is 6.70. The summed E-state index contributed by atoms with van der Waals surface area (Å²) in [5.41, 5.74) is 7.40. The molecule has 3 aliphatic heterocycles. The maximum atomic E-state index is 4.76. The highest BCUT2D eigenvalue weighted by Crippen LogP contribution is 2.48. The smallest absolute Gasteiger partial charge is 0.204 e. The van der Waals surface area contributed by atoms with Gasteiger partial charge < -0.3 is 15.2 Å². The summed E-state index contributed by atoms with van der Waals surface area (Å²) >= 11 is 1.93. The Kier molecular flexibility index (Phi) is 2.77. The van der Waals surface area contributed by atoms with E-state index in [0.29, 0.717) is 0 Å². The Balaban J connectivity index is 1.43. The Morgan fingerprint density at radius 1 is 1.12 bits per heavy atom. The highest BCUT2D eigenvalue weighted by molar-refractivity contribution is 8.00. The molecule has 124 valence electrons. The van der Waals surface area contributed by atoms with Crippen LogP contribution in [0.15, 0.2) is 40.2 Å². The van der Waals surface area contributed by atoms with Crippen LogP contribution in [-0.2, 0) is 13.0 Å². The molecular weight excluding hydrogens is 330 g/mol. The molecule has 2 aromatic carbocycles. The Morgan fingerprint density at radius 2 is 2.12 bits per heavy atom. The van der Waals surface area contributed by atoms with E-state index in [4.69, 9.17) is 4.99 Å². The van der Waals surface area contributed by atoms with E-state index in [2.05, 4.69) is 56.7 Å². The highest BCUT2D eigenvalue weighted by atomic mass is 32.2. The fourth-order valence-electron chi connectivity index (χ4n) is 4.00. The fourth-order valence-corrected chi connectivity index (χ4v) is 5.26. The zero-order valence-corrected chi connectivity index (χ0v) is 14.4. The number of hydrogen-bond acceptors (Lipinski definition) is 5. The molecule has 1 atom stereocenters. The maximum absolute atomic E-state index is 4.76. The summed E-state index contributed by atoms with van der Waals surface area (Å²) in [7, 11) is 0. The van der Waals surface area contributed by atoms with E-state index < -0.39 is 0 Å². The number of aromatic nitrogens is 2. The Morgan fingerprint density at radius 3 is 3.12 bits per heavy atom. The minimum Gasteiger partial charge on any atom is -0.384 e. The number of anilines is 2. The summed E-state index contributed by atoms with van der Waals surface area (Å²) in [6.07, 6.45) is 3.18. The number of aliphatic imine (C=N–C) groups is 1. The van der Waals surface area contributed by atoms with Gasteiger partial charge in [0.2, 0.25) is 5.95 Å². The van der Waals surface area contributed by atoms with Crippen molar-refractivity contribution in [2.24, 2.45) is 4.99 Å². The van der Waals surface area contributed by atoms with Crippen LogP contribution in [0.25, 0.3) is 11.0 Å². The van der Waals surface area contributed by atoms with Crippen molar-refractivity contribution in [1.82, 2.24) is 9.55 Å². The lowest BCUT2D eigenvalue weighted by Gasteiger charge is -2.21. The van der Waals surface area contributed by atoms with Gasteiger partial charge in [0, 0.05) is 36.4 Å². The molecule has 0 spiro atoms. The molecular formula is C19H17N5S. The van der Waals surface area contributed by atoms with Crippen LogP contribution in [0, 0.1) is 0 Å². The molecule has 1 unspecified atom stereocenters. The molecule has 5 nitrogen and oxygen atoms in total. The third kappa shape index (κ3) is 1.97. The van der Waals surface area contributed by atoms with E-state index in [1.807, 2.05) is 11.8 Å². The number of rotatable bonds is 1. The van der Waals surface area contributed by atoms with Gasteiger partial charge >= 0.3 is 0 Å². The van der Waals surface area contributed by atoms with Gasteiger partial charge in [-0.25, -0.2) is 4.98 Å². The first-order chi connectivity index (χ1) is 12.4. The summed E-state index contributed by atoms with van der Waals surface area (Å²) in [4.78, 5) is 10.8. The molecule has 3 aromatic rings. The summed E-state index contributed by atoms with van der Waals surface area (Å²) in [5, 5.41) is 7.07. The first-order valence-corrected chi connectivity index (χ1v) is 9.59. The summed E-state index contributed by atoms with van der Waals surface area (Å²) < 4.78 is 2.28. The molecule has 0 radical (unpaired) electrons. The van der Waals surface area contributed by atoms with Gasteiger partial charge in [-0.05, 0) is 41.8 Å². The Bertz CT molecular complexity index is 1050. The number of nitrogens with one attached hydrogen (secondary N) is 2. The maximum Gasteiger partial charge on any atom is 0.204 e. The van der Waals surface area contributed by atoms with Crippen LogP contribution < -0.4 is 10.6 Å². The van der Waals surface area contributed by atoms with E-state index >= 15 is 0 Å². The second-order valence-corrected chi connectivity index (χ2v) is 7.85. The lowest BCUT2D eigenvalue weighted by molar-refractivity contribution is 0.837. The van der Waals surface area contributed by atoms with Crippen LogP contribution in [0.5, 0.6) is 0 Å². The van der Waals surface area contributed by atoms with E-state index in [9.17, 15) is 0 Å². The third-order valence-corrected chi connectivity index (χ3v) is 6.58. The molecule has 6 rings (SSSR count). The van der Waals surface area contributed by atoms with Crippen LogP contribution in [0.1, 0.15) is 16.4 Å². The van der Waals surface area contributed by atoms with Crippen LogP contribution in [-0.4, -0.2) is 28.9 Å². The van der Waals surface area contributed by atoms with E-state index in [0.717, 1.165) is 43.2 Å². The second kappa shape index (κ2) is 5.02. The van der Waals surface area contributed by atoms with Crippen LogP contribution in [0.3, 0.4) is 0 Å². The molecule has 0 aliphatic carbocycles. The Labute approximate surface area is 149 Å². The van der Waals surface area contributed by atoms with E-state index in [-0.39, 0.29) is 5.25 Å². The quantitative estimate of drug-likeness (QED) is 0.699. The molecule has 0 fully saturated rings. The van der Waals surface area contributed by atoms with Gasteiger partial charge in [-0.3, -0.25) is 4.99 Å². The summed E-state index contributed by atoms with van der Waals surface area (Å²) in [6.45, 7) is 2.99. The molecule has 3 aliphatic rings. The fraction of sp³-hybridized carbons (Fsp3) is 0.263. The highest BCUT2D eigenvalue weighted by Gasteiger charge is 2.25. The molecule has 4 heterocycles. The molecule has 0 saturated carbocycles. The first kappa shape index (κ1) is 13.8. The monoisotopic (exact) mass is 347 g/mol. The average Bonchev–Trinajstić information content (AvgIpc) is 3.36. The largest absolute Gasteiger partial charge is 0.384 e. The van der Waals surface area contributed by atoms with Crippen LogP contribution in [0.2, 0.25) is 0 Å². The predicted octanol–water partition coefficient (Wildman–Crippen LogP) is 3.98. The van der Waals surface area contributed by atoms with E-state index in [1.165, 1.54) is 27.2 Å². The van der Waals surface area contributed by atoms with Crippen molar-refractivity contribution in [2.45, 2.75) is 23.1 Å². The molecule has 6 heteroatoms. The summed E-state index contributed by atoms with van der Waals surface area (Å²) in [5.74, 6) is 0.992. The van der Waals surface area contributed by atoms with Crippen LogP contribution >= 0.6 is 11.8 Å². The van der Waals surface area contributed by atoms with Gasteiger partial charge in [-0.15, -0.1) is 11.8 Å². The number of imidazole rings is 1. The van der Waals surface area contributed by atoms with Gasteiger partial charge in [0.15, 0.2) is 0 Å². The molecule has 0 saturated heterocycles. The van der Waals surface area contributed by atoms with Crippen molar-refractivity contribution >= 4 is 46.3 Å². The first-order valence-electron chi connectivity index (χ1n) is 8.71. The minimum atomic E-state index is 0.254. The summed E-state index contributed by atoms with van der Waals surface area (Å²) in [6, 6.07) is 10.9. The molecule has 25 heavy (non-hydrogen) atoms. The van der Waals surface area contributed by atoms with Gasteiger partial charge in [-0.1, -0.05) is 6.07 Å². The van der Waals surface area contributed by atoms with E-state index in [1.54, 1.807) is 0 Å². The number of benzene rings is 2. The normalized spacial score (nSPS) is 20.1. The van der Waals surface area contributed by atoms with Crippen molar-refractivity contribution in [3.8, 4) is 0 Å². The number of fused-ring (bicyclic) bond motifs is 6. The lowest BCUT2D eigenvalue weighted by atomic mass is 10.1.